The molecule has 0 aliphatic rings. The van der Waals surface area contributed by atoms with Crippen LogP contribution in [0.2, 0.25) is 0 Å². The molecule has 3 nitrogen and oxygen atoms in total. The lowest BCUT2D eigenvalue weighted by atomic mass is 10.1. The van der Waals surface area contributed by atoms with Gasteiger partial charge in [-0.1, -0.05) is 30.7 Å². The van der Waals surface area contributed by atoms with Gasteiger partial charge in [0, 0.05) is 23.3 Å². The third kappa shape index (κ3) is 2.81. The normalized spacial score (nSPS) is 10.8. The lowest BCUT2D eigenvalue weighted by Crippen LogP contribution is -2.23. The summed E-state index contributed by atoms with van der Waals surface area (Å²) in [4.78, 5) is 5.90. The van der Waals surface area contributed by atoms with Gasteiger partial charge in [0.25, 0.3) is 0 Å². The Morgan fingerprint density at radius 1 is 1.14 bits per heavy atom. The third-order valence-electron chi connectivity index (χ3n) is 3.33. The molecule has 1 aromatic carbocycles. The molecule has 2 heterocycles. The molecule has 0 spiro atoms. The first kappa shape index (κ1) is 13.8. The molecule has 4 heteroatoms. The van der Waals surface area contributed by atoms with Crippen molar-refractivity contribution in [2.24, 2.45) is 0 Å². The Hall–Kier alpha value is -2.20. The Morgan fingerprint density at radius 2 is 1.90 bits per heavy atom. The van der Waals surface area contributed by atoms with Gasteiger partial charge in [-0.05, 0) is 19.4 Å². The van der Waals surface area contributed by atoms with Crippen molar-refractivity contribution < 1.29 is 4.73 Å². The molecule has 3 rings (SSSR count). The number of hydrogen-bond acceptors (Lipinski definition) is 3. The minimum atomic E-state index is 0.803. The Kier molecular flexibility index (Phi) is 3.71. The van der Waals surface area contributed by atoms with E-state index in [0.29, 0.717) is 0 Å². The summed E-state index contributed by atoms with van der Waals surface area (Å²) in [7, 11) is 0. The molecule has 0 aliphatic carbocycles. The standard InChI is InChI=1S/C17H16N2OS/c1-3-15-18-16(14-6-4-5-12(2)11-14)17(21-15)13-7-9-19(20)10-8-13/h4-11H,3H2,1-2H3. The van der Waals surface area contributed by atoms with Crippen molar-refractivity contribution in [1.29, 1.82) is 0 Å². The maximum absolute atomic E-state index is 11.2. The van der Waals surface area contributed by atoms with Crippen LogP contribution in [0, 0.1) is 12.1 Å². The maximum Gasteiger partial charge on any atom is 0.180 e. The predicted octanol–water partition coefficient (Wildman–Crippen LogP) is 3.98. The van der Waals surface area contributed by atoms with Crippen LogP contribution in [0.15, 0.2) is 48.8 Å². The zero-order valence-corrected chi connectivity index (χ0v) is 12.9. The van der Waals surface area contributed by atoms with E-state index in [1.54, 1.807) is 11.3 Å². The van der Waals surface area contributed by atoms with Crippen molar-refractivity contribution in [2.75, 3.05) is 0 Å². The molecule has 106 valence electrons. The highest BCUT2D eigenvalue weighted by Crippen LogP contribution is 2.36. The highest BCUT2D eigenvalue weighted by Gasteiger charge is 2.15. The molecule has 21 heavy (non-hydrogen) atoms. The van der Waals surface area contributed by atoms with E-state index in [9.17, 15) is 5.21 Å². The van der Waals surface area contributed by atoms with Crippen molar-refractivity contribution in [3.05, 3.63) is 64.6 Å². The minimum absolute atomic E-state index is 0.803. The molecule has 3 aromatic rings. The van der Waals surface area contributed by atoms with E-state index in [2.05, 4.69) is 38.1 Å². The van der Waals surface area contributed by atoms with Crippen molar-refractivity contribution in [3.8, 4) is 21.7 Å². The van der Waals surface area contributed by atoms with Crippen LogP contribution >= 0.6 is 11.3 Å². The van der Waals surface area contributed by atoms with Crippen LogP contribution in [0.3, 0.4) is 0 Å². The summed E-state index contributed by atoms with van der Waals surface area (Å²) in [5.41, 5.74) is 4.38. The molecule has 0 unspecified atom stereocenters. The molecule has 0 radical (unpaired) electrons. The molecule has 0 fully saturated rings. The van der Waals surface area contributed by atoms with E-state index in [0.717, 1.165) is 37.9 Å². The molecule has 2 aromatic heterocycles. The Balaban J connectivity index is 2.16. The Bertz CT molecular complexity index is 763. The average Bonchev–Trinajstić information content (AvgIpc) is 2.92. The second-order valence-corrected chi connectivity index (χ2v) is 6.04. The van der Waals surface area contributed by atoms with Gasteiger partial charge in [-0.15, -0.1) is 11.3 Å². The zero-order chi connectivity index (χ0) is 14.8. The summed E-state index contributed by atoms with van der Waals surface area (Å²) in [6.07, 6.45) is 3.97. The first-order chi connectivity index (χ1) is 10.2. The van der Waals surface area contributed by atoms with Crippen LogP contribution < -0.4 is 4.73 Å². The van der Waals surface area contributed by atoms with Crippen molar-refractivity contribution >= 4 is 11.3 Å². The smallest absolute Gasteiger partial charge is 0.180 e. The van der Waals surface area contributed by atoms with Gasteiger partial charge in [0.05, 0.1) is 15.6 Å². The Labute approximate surface area is 128 Å². The van der Waals surface area contributed by atoms with Gasteiger partial charge < -0.3 is 5.21 Å². The molecule has 0 saturated carbocycles. The molecule has 0 bridgehead atoms. The van der Waals surface area contributed by atoms with Gasteiger partial charge in [0.1, 0.15) is 0 Å². The largest absolute Gasteiger partial charge is 0.619 e. The van der Waals surface area contributed by atoms with Gasteiger partial charge in [-0.2, -0.15) is 4.73 Å². The fourth-order valence-electron chi connectivity index (χ4n) is 2.26. The van der Waals surface area contributed by atoms with Gasteiger partial charge in [0.15, 0.2) is 12.4 Å². The number of benzene rings is 1. The summed E-state index contributed by atoms with van der Waals surface area (Å²) in [6, 6.07) is 12.1. The van der Waals surface area contributed by atoms with E-state index in [1.165, 1.54) is 18.0 Å². The Morgan fingerprint density at radius 3 is 2.57 bits per heavy atom. The SMILES string of the molecule is CCc1nc(-c2cccc(C)c2)c(-c2cc[n+]([O-])cc2)s1. The highest BCUT2D eigenvalue weighted by molar-refractivity contribution is 7.15. The molecule has 0 aliphatic heterocycles. The second kappa shape index (κ2) is 5.66. The fraction of sp³-hybridized carbons (Fsp3) is 0.176. The van der Waals surface area contributed by atoms with Crippen LogP contribution in [0.4, 0.5) is 0 Å². The second-order valence-electron chi connectivity index (χ2n) is 4.96. The zero-order valence-electron chi connectivity index (χ0n) is 12.0. The number of nitrogens with zero attached hydrogens (tertiary/aromatic N) is 2. The number of thiazole rings is 1. The monoisotopic (exact) mass is 296 g/mol. The topological polar surface area (TPSA) is 39.8 Å². The lowest BCUT2D eigenvalue weighted by Gasteiger charge is -2.04. The van der Waals surface area contributed by atoms with E-state index in [-0.39, 0.29) is 0 Å². The van der Waals surface area contributed by atoms with Crippen LogP contribution in [-0.4, -0.2) is 4.98 Å². The minimum Gasteiger partial charge on any atom is -0.619 e. The van der Waals surface area contributed by atoms with E-state index in [1.807, 2.05) is 12.1 Å². The number of pyridine rings is 1. The molecule has 0 saturated heterocycles. The number of rotatable bonds is 3. The number of aromatic nitrogens is 2. The summed E-state index contributed by atoms with van der Waals surface area (Å²) in [6.45, 7) is 4.19. The van der Waals surface area contributed by atoms with Gasteiger partial charge in [0.2, 0.25) is 0 Å². The van der Waals surface area contributed by atoms with E-state index < -0.39 is 0 Å². The highest BCUT2D eigenvalue weighted by atomic mass is 32.1. The van der Waals surface area contributed by atoms with Crippen LogP contribution in [0.5, 0.6) is 0 Å². The molecule has 0 atom stereocenters. The summed E-state index contributed by atoms with van der Waals surface area (Å²) < 4.78 is 0.803. The van der Waals surface area contributed by atoms with Crippen molar-refractivity contribution in [3.63, 3.8) is 0 Å². The van der Waals surface area contributed by atoms with Gasteiger partial charge in [-0.3, -0.25) is 0 Å². The quantitative estimate of drug-likeness (QED) is 0.542. The molecule has 0 N–H and O–H groups in total. The number of aryl methyl sites for hydroxylation is 2. The number of hydrogen-bond donors (Lipinski definition) is 0. The van der Waals surface area contributed by atoms with Gasteiger partial charge in [-0.25, -0.2) is 4.98 Å². The summed E-state index contributed by atoms with van der Waals surface area (Å²) in [5, 5.41) is 12.3. The van der Waals surface area contributed by atoms with Crippen LogP contribution in [-0.2, 0) is 6.42 Å². The molecule has 0 amide bonds. The van der Waals surface area contributed by atoms with E-state index in [4.69, 9.17) is 4.98 Å². The van der Waals surface area contributed by atoms with E-state index >= 15 is 0 Å². The molecular formula is C17H16N2OS. The van der Waals surface area contributed by atoms with Crippen LogP contribution in [0.1, 0.15) is 17.5 Å². The van der Waals surface area contributed by atoms with Gasteiger partial charge >= 0.3 is 0 Å². The average molecular weight is 296 g/mol. The van der Waals surface area contributed by atoms with Crippen molar-refractivity contribution in [2.45, 2.75) is 20.3 Å². The summed E-state index contributed by atoms with van der Waals surface area (Å²) in [5.74, 6) is 0. The van der Waals surface area contributed by atoms with Crippen LogP contribution in [0.25, 0.3) is 21.7 Å². The first-order valence-electron chi connectivity index (χ1n) is 6.93. The first-order valence-corrected chi connectivity index (χ1v) is 7.75. The maximum atomic E-state index is 11.2. The van der Waals surface area contributed by atoms with Crippen molar-refractivity contribution in [1.82, 2.24) is 4.98 Å². The third-order valence-corrected chi connectivity index (χ3v) is 4.58. The summed E-state index contributed by atoms with van der Waals surface area (Å²) >= 11 is 1.70. The lowest BCUT2D eigenvalue weighted by molar-refractivity contribution is -0.605. The predicted molar refractivity (Wildman–Crippen MR) is 86.1 cm³/mol. The fourth-order valence-corrected chi connectivity index (χ4v) is 3.29. The molecular weight excluding hydrogens is 280 g/mol.